The van der Waals surface area contributed by atoms with Gasteiger partial charge in [-0.15, -0.1) is 5.10 Å². The van der Waals surface area contributed by atoms with Crippen molar-refractivity contribution in [1.82, 2.24) is 15.2 Å². The van der Waals surface area contributed by atoms with E-state index in [0.717, 1.165) is 11.0 Å². The van der Waals surface area contributed by atoms with Gasteiger partial charge in [-0.25, -0.2) is 4.98 Å². The van der Waals surface area contributed by atoms with Crippen LogP contribution in [-0.2, 0) is 0 Å². The highest BCUT2D eigenvalue weighted by molar-refractivity contribution is 7.99. The molecule has 0 bridgehead atoms. The van der Waals surface area contributed by atoms with Gasteiger partial charge < -0.3 is 0 Å². The molecule has 3 aromatic rings. The van der Waals surface area contributed by atoms with Crippen LogP contribution in [0.1, 0.15) is 46.5 Å². The van der Waals surface area contributed by atoms with Gasteiger partial charge in [0.2, 0.25) is 5.16 Å². The topological polar surface area (TPSA) is 41.6 Å². The molecule has 116 valence electrons. The van der Waals surface area contributed by atoms with Crippen LogP contribution in [0.15, 0.2) is 59.8 Å². The molecule has 0 saturated heterocycles. The Kier molecular flexibility index (Phi) is 3.92. The number of nitrogens with one attached hydrogen (secondary N) is 1. The molecular weight excluding hydrogens is 302 g/mol. The molecule has 1 aliphatic rings. The lowest BCUT2D eigenvalue weighted by Gasteiger charge is -2.18. The van der Waals surface area contributed by atoms with Crippen LogP contribution in [0, 0.1) is 6.92 Å². The quantitative estimate of drug-likeness (QED) is 0.681. The van der Waals surface area contributed by atoms with E-state index in [1.807, 2.05) is 0 Å². The molecule has 2 aromatic carbocycles. The van der Waals surface area contributed by atoms with Crippen molar-refractivity contribution in [2.75, 3.05) is 0 Å². The molecule has 1 aliphatic carbocycles. The highest BCUT2D eigenvalue weighted by Gasteiger charge is 2.28. The summed E-state index contributed by atoms with van der Waals surface area (Å²) < 4.78 is 0. The molecule has 0 aliphatic heterocycles. The number of thioether (sulfide) groups is 1. The SMILES string of the molecule is Cc1ccccc1[C@H](Sc1n[nH]c(C2CC2)n1)c1ccccc1. The average molecular weight is 321 g/mol. The maximum absolute atomic E-state index is 4.69. The lowest BCUT2D eigenvalue weighted by atomic mass is 10.0. The summed E-state index contributed by atoms with van der Waals surface area (Å²) in [5, 5.41) is 8.58. The fourth-order valence-electron chi connectivity index (χ4n) is 2.78. The fourth-order valence-corrected chi connectivity index (χ4v) is 3.92. The van der Waals surface area contributed by atoms with Crippen molar-refractivity contribution in [3.8, 4) is 0 Å². The molecule has 1 fully saturated rings. The normalized spacial score (nSPS) is 15.5. The maximum Gasteiger partial charge on any atom is 0.209 e. The van der Waals surface area contributed by atoms with E-state index in [4.69, 9.17) is 0 Å². The number of aromatic amines is 1. The van der Waals surface area contributed by atoms with Crippen LogP contribution < -0.4 is 0 Å². The van der Waals surface area contributed by atoms with Gasteiger partial charge in [-0.2, -0.15) is 0 Å². The summed E-state index contributed by atoms with van der Waals surface area (Å²) in [4.78, 5) is 4.69. The zero-order valence-corrected chi connectivity index (χ0v) is 13.9. The molecule has 0 radical (unpaired) electrons. The van der Waals surface area contributed by atoms with E-state index in [1.165, 1.54) is 29.5 Å². The van der Waals surface area contributed by atoms with E-state index < -0.39 is 0 Å². The van der Waals surface area contributed by atoms with Gasteiger partial charge in [-0.05, 0) is 36.5 Å². The number of nitrogens with zero attached hydrogens (tertiary/aromatic N) is 2. The predicted molar refractivity (Wildman–Crippen MR) is 93.7 cm³/mol. The molecule has 4 rings (SSSR count). The van der Waals surface area contributed by atoms with Gasteiger partial charge in [0, 0.05) is 5.92 Å². The number of H-pyrrole nitrogens is 1. The molecule has 0 amide bonds. The van der Waals surface area contributed by atoms with Crippen molar-refractivity contribution in [3.63, 3.8) is 0 Å². The van der Waals surface area contributed by atoms with Crippen molar-refractivity contribution >= 4 is 11.8 Å². The second-order valence-electron chi connectivity index (χ2n) is 6.04. The molecule has 0 spiro atoms. The molecule has 1 aromatic heterocycles. The summed E-state index contributed by atoms with van der Waals surface area (Å²) >= 11 is 1.72. The van der Waals surface area contributed by atoms with Crippen molar-refractivity contribution in [2.24, 2.45) is 0 Å². The van der Waals surface area contributed by atoms with E-state index in [-0.39, 0.29) is 5.25 Å². The predicted octanol–water partition coefficient (Wildman–Crippen LogP) is 4.87. The van der Waals surface area contributed by atoms with E-state index in [0.29, 0.717) is 5.92 Å². The average Bonchev–Trinajstić information content (AvgIpc) is 3.34. The summed E-state index contributed by atoms with van der Waals surface area (Å²) in [6.45, 7) is 2.17. The Morgan fingerprint density at radius 2 is 1.78 bits per heavy atom. The first-order chi connectivity index (χ1) is 11.3. The Bertz CT molecular complexity index is 793. The maximum atomic E-state index is 4.69. The van der Waals surface area contributed by atoms with Gasteiger partial charge in [0.05, 0.1) is 5.25 Å². The number of aromatic nitrogens is 3. The molecule has 23 heavy (non-hydrogen) atoms. The van der Waals surface area contributed by atoms with Crippen LogP contribution >= 0.6 is 11.8 Å². The van der Waals surface area contributed by atoms with E-state index in [2.05, 4.69) is 76.7 Å². The van der Waals surface area contributed by atoms with Gasteiger partial charge in [0.15, 0.2) is 0 Å². The number of hydrogen-bond acceptors (Lipinski definition) is 3. The minimum absolute atomic E-state index is 0.209. The van der Waals surface area contributed by atoms with Crippen molar-refractivity contribution in [3.05, 3.63) is 77.1 Å². The standard InChI is InChI=1S/C19H19N3S/c1-13-7-5-6-10-16(13)17(14-8-3-2-4-9-14)23-19-20-18(21-22-19)15-11-12-15/h2-10,15,17H,11-12H2,1H3,(H,20,21,22)/t17-/m1/s1. The molecule has 1 N–H and O–H groups in total. The molecule has 3 nitrogen and oxygen atoms in total. The van der Waals surface area contributed by atoms with Gasteiger partial charge in [-0.1, -0.05) is 66.4 Å². The number of benzene rings is 2. The third-order valence-electron chi connectivity index (χ3n) is 4.24. The van der Waals surface area contributed by atoms with Crippen LogP contribution in [0.25, 0.3) is 0 Å². The fraction of sp³-hybridized carbons (Fsp3) is 0.263. The second kappa shape index (κ2) is 6.20. The zero-order valence-electron chi connectivity index (χ0n) is 13.1. The second-order valence-corrected chi connectivity index (χ2v) is 7.11. The molecule has 1 saturated carbocycles. The van der Waals surface area contributed by atoms with E-state index in [1.54, 1.807) is 11.8 Å². The monoisotopic (exact) mass is 321 g/mol. The van der Waals surface area contributed by atoms with Crippen molar-refractivity contribution in [2.45, 2.75) is 36.1 Å². The largest absolute Gasteiger partial charge is 0.262 e. The van der Waals surface area contributed by atoms with Crippen LogP contribution in [0.4, 0.5) is 0 Å². The first kappa shape index (κ1) is 14.5. The summed E-state index contributed by atoms with van der Waals surface area (Å²) in [5.74, 6) is 1.65. The van der Waals surface area contributed by atoms with Gasteiger partial charge in [-0.3, -0.25) is 5.10 Å². The van der Waals surface area contributed by atoms with Crippen LogP contribution in [0.2, 0.25) is 0 Å². The first-order valence-corrected chi connectivity index (χ1v) is 8.88. The Morgan fingerprint density at radius 1 is 1.04 bits per heavy atom. The zero-order chi connectivity index (χ0) is 15.6. The number of rotatable bonds is 5. The lowest BCUT2D eigenvalue weighted by molar-refractivity contribution is 0.931. The smallest absolute Gasteiger partial charge is 0.209 e. The first-order valence-electron chi connectivity index (χ1n) is 8.00. The van der Waals surface area contributed by atoms with E-state index in [9.17, 15) is 0 Å². The highest BCUT2D eigenvalue weighted by atomic mass is 32.2. The Morgan fingerprint density at radius 3 is 2.52 bits per heavy atom. The van der Waals surface area contributed by atoms with Gasteiger partial charge in [0.25, 0.3) is 0 Å². The summed E-state index contributed by atoms with van der Waals surface area (Å²) in [6.07, 6.45) is 2.47. The van der Waals surface area contributed by atoms with E-state index >= 15 is 0 Å². The summed E-state index contributed by atoms with van der Waals surface area (Å²) in [6, 6.07) is 19.2. The molecule has 0 unspecified atom stereocenters. The van der Waals surface area contributed by atoms with Crippen LogP contribution in [0.3, 0.4) is 0 Å². The lowest BCUT2D eigenvalue weighted by Crippen LogP contribution is -2.00. The minimum atomic E-state index is 0.209. The Labute approximate surface area is 140 Å². The van der Waals surface area contributed by atoms with Crippen molar-refractivity contribution in [1.29, 1.82) is 0 Å². The Hall–Kier alpha value is -2.07. The number of hydrogen-bond donors (Lipinski definition) is 1. The van der Waals surface area contributed by atoms with Crippen LogP contribution in [-0.4, -0.2) is 15.2 Å². The third kappa shape index (κ3) is 3.17. The minimum Gasteiger partial charge on any atom is -0.262 e. The summed E-state index contributed by atoms with van der Waals surface area (Å²) in [5.41, 5.74) is 3.90. The number of aryl methyl sites for hydroxylation is 1. The molecular formula is C19H19N3S. The van der Waals surface area contributed by atoms with Gasteiger partial charge >= 0.3 is 0 Å². The molecule has 1 atom stereocenters. The molecule has 4 heteroatoms. The van der Waals surface area contributed by atoms with Gasteiger partial charge in [0.1, 0.15) is 5.82 Å². The third-order valence-corrected chi connectivity index (χ3v) is 5.40. The summed E-state index contributed by atoms with van der Waals surface area (Å²) in [7, 11) is 0. The highest BCUT2D eigenvalue weighted by Crippen LogP contribution is 2.42. The Balaban J connectivity index is 1.68. The van der Waals surface area contributed by atoms with Crippen LogP contribution in [0.5, 0.6) is 0 Å². The molecule has 1 heterocycles. The van der Waals surface area contributed by atoms with Crippen molar-refractivity contribution < 1.29 is 0 Å².